The van der Waals surface area contributed by atoms with E-state index in [2.05, 4.69) is 13.0 Å². The zero-order valence-corrected chi connectivity index (χ0v) is 12.8. The molecule has 2 rings (SSSR count). The zero-order valence-electron chi connectivity index (χ0n) is 11.9. The molecule has 2 heteroatoms. The highest BCUT2D eigenvalue weighted by atomic mass is 31.2. The van der Waals surface area contributed by atoms with Crippen LogP contribution in [0.25, 0.3) is 0 Å². The molecule has 0 heterocycles. The van der Waals surface area contributed by atoms with Gasteiger partial charge in [-0.05, 0) is 12.2 Å². The molecule has 0 saturated carbocycles. The van der Waals surface area contributed by atoms with E-state index in [9.17, 15) is 4.57 Å². The van der Waals surface area contributed by atoms with Gasteiger partial charge in [-0.3, -0.25) is 0 Å². The Morgan fingerprint density at radius 2 is 1.40 bits per heavy atom. The summed E-state index contributed by atoms with van der Waals surface area (Å²) in [5.41, 5.74) is 0. The van der Waals surface area contributed by atoms with Crippen molar-refractivity contribution in [3.63, 3.8) is 0 Å². The fourth-order valence-electron chi connectivity index (χ4n) is 2.17. The quantitative estimate of drug-likeness (QED) is 0.555. The molecule has 2 aromatic carbocycles. The van der Waals surface area contributed by atoms with E-state index in [-0.39, 0.29) is 0 Å². The van der Waals surface area contributed by atoms with Crippen LogP contribution < -0.4 is 10.6 Å². The van der Waals surface area contributed by atoms with E-state index in [1.807, 2.05) is 66.5 Å². The molecule has 0 aliphatic rings. The number of benzene rings is 2. The Hall–Kier alpha value is -1.59. The van der Waals surface area contributed by atoms with Crippen molar-refractivity contribution in [2.24, 2.45) is 0 Å². The minimum absolute atomic E-state index is 0.902. The maximum absolute atomic E-state index is 13.5. The van der Waals surface area contributed by atoms with Gasteiger partial charge in [0.25, 0.3) is 0 Å². The van der Waals surface area contributed by atoms with Crippen molar-refractivity contribution in [3.05, 3.63) is 72.6 Å². The molecule has 1 nitrogen and oxygen atoms in total. The second kappa shape index (κ2) is 7.26. The van der Waals surface area contributed by atoms with E-state index >= 15 is 0 Å². The van der Waals surface area contributed by atoms with Crippen LogP contribution in [0.1, 0.15) is 26.2 Å². The normalized spacial score (nSPS) is 11.8. The van der Waals surface area contributed by atoms with Crippen molar-refractivity contribution < 1.29 is 4.57 Å². The molecule has 0 saturated heterocycles. The van der Waals surface area contributed by atoms with Crippen LogP contribution in [-0.4, -0.2) is 0 Å². The minimum Gasteiger partial charge on any atom is -0.309 e. The summed E-state index contributed by atoms with van der Waals surface area (Å²) in [6, 6.07) is 19.5. The van der Waals surface area contributed by atoms with E-state index in [1.165, 1.54) is 0 Å². The number of rotatable bonds is 6. The third-order valence-corrected chi connectivity index (χ3v) is 6.08. The first-order valence-electron chi connectivity index (χ1n) is 7.16. The van der Waals surface area contributed by atoms with E-state index in [1.54, 1.807) is 0 Å². The summed E-state index contributed by atoms with van der Waals surface area (Å²) in [7, 11) is -2.64. The molecule has 0 amide bonds. The lowest BCUT2D eigenvalue weighted by atomic mass is 10.2. The van der Waals surface area contributed by atoms with Gasteiger partial charge >= 0.3 is 0 Å². The Bertz CT molecular complexity index is 544. The molecule has 20 heavy (non-hydrogen) atoms. The molecule has 0 aliphatic heterocycles. The van der Waals surface area contributed by atoms with Crippen LogP contribution in [0.3, 0.4) is 0 Å². The summed E-state index contributed by atoms with van der Waals surface area (Å²) in [5.74, 6) is 1.92. The Balaban J connectivity index is 2.39. The van der Waals surface area contributed by atoms with Crippen molar-refractivity contribution in [2.45, 2.75) is 26.2 Å². The number of hydrogen-bond acceptors (Lipinski definition) is 1. The smallest absolute Gasteiger partial charge is 0.163 e. The summed E-state index contributed by atoms with van der Waals surface area (Å²) in [5, 5.41) is 1.80. The molecule has 0 radical (unpaired) electrons. The van der Waals surface area contributed by atoms with Crippen molar-refractivity contribution in [3.8, 4) is 0 Å². The third-order valence-electron chi connectivity index (χ3n) is 3.32. The lowest BCUT2D eigenvalue weighted by molar-refractivity contribution is 0.592. The molecular weight excluding hydrogens is 263 g/mol. The first-order chi connectivity index (χ1) is 9.77. The van der Waals surface area contributed by atoms with Gasteiger partial charge in [-0.25, -0.2) is 0 Å². The second-order valence-corrected chi connectivity index (χ2v) is 7.50. The van der Waals surface area contributed by atoms with E-state index in [4.69, 9.17) is 0 Å². The fourth-order valence-corrected chi connectivity index (χ4v) is 4.48. The van der Waals surface area contributed by atoms with Crippen molar-refractivity contribution in [2.75, 3.05) is 0 Å². The molecule has 0 N–H and O–H groups in total. The Kier molecular flexibility index (Phi) is 5.38. The van der Waals surface area contributed by atoms with Gasteiger partial charge in [0.1, 0.15) is 0 Å². The SMILES string of the molecule is CCCC/C=C/P(=O)(c1ccccc1)c1ccccc1. The lowest BCUT2D eigenvalue weighted by Crippen LogP contribution is -2.13. The number of hydrogen-bond donors (Lipinski definition) is 0. The summed E-state index contributed by atoms with van der Waals surface area (Å²) in [4.78, 5) is 0. The Morgan fingerprint density at radius 3 is 1.85 bits per heavy atom. The van der Waals surface area contributed by atoms with E-state index in [0.717, 1.165) is 29.9 Å². The monoisotopic (exact) mass is 284 g/mol. The van der Waals surface area contributed by atoms with Crippen LogP contribution in [0.4, 0.5) is 0 Å². The third kappa shape index (κ3) is 3.49. The van der Waals surface area contributed by atoms with E-state index < -0.39 is 7.14 Å². The van der Waals surface area contributed by atoms with Gasteiger partial charge in [0.2, 0.25) is 0 Å². The van der Waals surface area contributed by atoms with Crippen LogP contribution in [0.5, 0.6) is 0 Å². The highest BCUT2D eigenvalue weighted by molar-refractivity contribution is 7.81. The van der Waals surface area contributed by atoms with Crippen LogP contribution in [0.15, 0.2) is 72.6 Å². The van der Waals surface area contributed by atoms with Gasteiger partial charge in [0, 0.05) is 10.6 Å². The van der Waals surface area contributed by atoms with Crippen LogP contribution >= 0.6 is 7.14 Å². The summed E-state index contributed by atoms with van der Waals surface area (Å²) >= 11 is 0. The fraction of sp³-hybridized carbons (Fsp3) is 0.222. The van der Waals surface area contributed by atoms with Crippen molar-refractivity contribution >= 4 is 17.8 Å². The maximum atomic E-state index is 13.5. The van der Waals surface area contributed by atoms with Crippen LogP contribution in [-0.2, 0) is 4.57 Å². The van der Waals surface area contributed by atoms with Gasteiger partial charge in [-0.1, -0.05) is 86.5 Å². The molecule has 2 aromatic rings. The summed E-state index contributed by atoms with van der Waals surface area (Å²) in [6.45, 7) is 2.17. The largest absolute Gasteiger partial charge is 0.309 e. The Labute approximate surface area is 121 Å². The predicted molar refractivity (Wildman–Crippen MR) is 88.4 cm³/mol. The maximum Gasteiger partial charge on any atom is 0.163 e. The van der Waals surface area contributed by atoms with Crippen LogP contribution in [0.2, 0.25) is 0 Å². The average molecular weight is 284 g/mol. The minimum atomic E-state index is -2.64. The number of allylic oxidation sites excluding steroid dienone is 1. The molecule has 0 atom stereocenters. The topological polar surface area (TPSA) is 17.1 Å². The highest BCUT2D eigenvalue weighted by Gasteiger charge is 2.23. The van der Waals surface area contributed by atoms with Gasteiger partial charge in [-0.2, -0.15) is 0 Å². The molecule has 0 unspecified atom stereocenters. The molecular formula is C18H21OP. The molecule has 0 bridgehead atoms. The first-order valence-corrected chi connectivity index (χ1v) is 8.93. The second-order valence-electron chi connectivity index (χ2n) is 4.86. The Morgan fingerprint density at radius 1 is 0.900 bits per heavy atom. The van der Waals surface area contributed by atoms with Crippen molar-refractivity contribution in [1.29, 1.82) is 0 Å². The van der Waals surface area contributed by atoms with Gasteiger partial charge in [0.15, 0.2) is 7.14 Å². The molecule has 104 valence electrons. The van der Waals surface area contributed by atoms with Crippen molar-refractivity contribution in [1.82, 2.24) is 0 Å². The summed E-state index contributed by atoms with van der Waals surface area (Å²) < 4.78 is 13.5. The summed E-state index contributed by atoms with van der Waals surface area (Å²) in [6.07, 6.45) is 5.36. The average Bonchev–Trinajstić information content (AvgIpc) is 2.53. The van der Waals surface area contributed by atoms with E-state index in [0.29, 0.717) is 0 Å². The first kappa shape index (κ1) is 14.8. The zero-order chi connectivity index (χ0) is 14.3. The van der Waals surface area contributed by atoms with Crippen LogP contribution in [0, 0.1) is 0 Å². The molecule has 0 aromatic heterocycles. The lowest BCUT2D eigenvalue weighted by Gasteiger charge is -2.15. The molecule has 0 spiro atoms. The predicted octanol–water partition coefficient (Wildman–Crippen LogP) is 4.70. The standard InChI is InChI=1S/C18H21OP/c1-2-3-4-11-16-20(19,17-12-7-5-8-13-17)18-14-9-6-10-15-18/h5-16H,2-4H2,1H3/b16-11+. The molecule has 0 aliphatic carbocycles. The number of unbranched alkanes of at least 4 members (excludes halogenated alkanes) is 2. The van der Waals surface area contributed by atoms with Gasteiger partial charge < -0.3 is 4.57 Å². The van der Waals surface area contributed by atoms with Gasteiger partial charge in [-0.15, -0.1) is 0 Å². The van der Waals surface area contributed by atoms with Gasteiger partial charge in [0.05, 0.1) is 0 Å². The highest BCUT2D eigenvalue weighted by Crippen LogP contribution is 2.44. The molecule has 0 fully saturated rings.